The first-order valence-electron chi connectivity index (χ1n) is 9.71. The van der Waals surface area contributed by atoms with Gasteiger partial charge in [-0.25, -0.2) is 0 Å². The molecule has 0 saturated carbocycles. The first kappa shape index (κ1) is 22.8. The number of nitrogens with one attached hydrogen (secondary N) is 2. The third-order valence-corrected chi connectivity index (χ3v) is 4.94. The zero-order chi connectivity index (χ0) is 22.9. The van der Waals surface area contributed by atoms with Crippen molar-refractivity contribution >= 4 is 45.2 Å². The molecule has 6 nitrogen and oxygen atoms in total. The highest BCUT2D eigenvalue weighted by atomic mass is 79.9. The van der Waals surface area contributed by atoms with Crippen LogP contribution in [0.25, 0.3) is 6.08 Å². The van der Waals surface area contributed by atoms with Gasteiger partial charge in [-0.05, 0) is 76.5 Å². The van der Waals surface area contributed by atoms with E-state index in [0.29, 0.717) is 27.2 Å². The van der Waals surface area contributed by atoms with E-state index < -0.39 is 5.91 Å². The maximum Gasteiger partial charge on any atom is 0.266 e. The van der Waals surface area contributed by atoms with E-state index >= 15 is 0 Å². The van der Waals surface area contributed by atoms with Crippen LogP contribution in [0, 0.1) is 18.3 Å². The van der Waals surface area contributed by atoms with Crippen molar-refractivity contribution in [2.24, 2.45) is 0 Å². The molecular weight excluding hydrogens is 470 g/mol. The molecule has 0 aromatic heterocycles. The molecular formula is C25H20BrN3O3. The normalized spacial score (nSPS) is 10.7. The smallest absolute Gasteiger partial charge is 0.266 e. The van der Waals surface area contributed by atoms with Crippen LogP contribution in [0.5, 0.6) is 5.75 Å². The first-order valence-corrected chi connectivity index (χ1v) is 10.5. The molecule has 32 heavy (non-hydrogen) atoms. The summed E-state index contributed by atoms with van der Waals surface area (Å²) in [6.07, 6.45) is 1.48. The van der Waals surface area contributed by atoms with Crippen molar-refractivity contribution in [1.82, 2.24) is 0 Å². The summed E-state index contributed by atoms with van der Waals surface area (Å²) in [5, 5.41) is 14.8. The molecule has 0 saturated heterocycles. The van der Waals surface area contributed by atoms with Gasteiger partial charge in [-0.2, -0.15) is 5.26 Å². The highest BCUT2D eigenvalue weighted by molar-refractivity contribution is 9.10. The Labute approximate surface area is 194 Å². The van der Waals surface area contributed by atoms with Crippen molar-refractivity contribution in [2.45, 2.75) is 6.92 Å². The molecule has 0 spiro atoms. The molecule has 0 fully saturated rings. The standard InChI is InChI=1S/C25H20BrN3O3/c1-17-6-5-9-21(12-17)28-24(30)16-32-23-11-10-18(14-22(23)26)13-19(15-27)25(31)29-20-7-3-2-4-8-20/h2-14H,16H2,1H3,(H,28,30)(H,29,31)/b19-13+. The third-order valence-electron chi connectivity index (χ3n) is 4.32. The van der Waals surface area contributed by atoms with E-state index in [9.17, 15) is 14.9 Å². The number of aryl methyl sites for hydroxylation is 1. The average molecular weight is 490 g/mol. The molecule has 0 aliphatic carbocycles. The third kappa shape index (κ3) is 6.56. The molecule has 3 rings (SSSR count). The summed E-state index contributed by atoms with van der Waals surface area (Å²) in [4.78, 5) is 24.5. The summed E-state index contributed by atoms with van der Waals surface area (Å²) >= 11 is 3.41. The molecule has 0 radical (unpaired) electrons. The van der Waals surface area contributed by atoms with E-state index in [1.807, 2.05) is 43.3 Å². The van der Waals surface area contributed by atoms with Gasteiger partial charge in [-0.15, -0.1) is 0 Å². The monoisotopic (exact) mass is 489 g/mol. The molecule has 3 aromatic carbocycles. The molecule has 160 valence electrons. The SMILES string of the molecule is Cc1cccc(NC(=O)COc2ccc(/C=C(\C#N)C(=O)Nc3ccccc3)cc2Br)c1. The maximum absolute atomic E-state index is 12.4. The zero-order valence-corrected chi connectivity index (χ0v) is 18.8. The molecule has 0 heterocycles. The number of hydrogen-bond donors (Lipinski definition) is 2. The number of rotatable bonds is 7. The second-order valence-electron chi connectivity index (χ2n) is 6.89. The van der Waals surface area contributed by atoms with Gasteiger partial charge < -0.3 is 15.4 Å². The lowest BCUT2D eigenvalue weighted by Gasteiger charge is -2.10. The topological polar surface area (TPSA) is 91.2 Å². The Morgan fingerprint density at radius 2 is 1.75 bits per heavy atom. The summed E-state index contributed by atoms with van der Waals surface area (Å²) in [6, 6.07) is 23.4. The molecule has 2 amide bonds. The number of ether oxygens (including phenoxy) is 1. The van der Waals surface area contributed by atoms with Crippen molar-refractivity contribution in [3.05, 3.63) is 94.0 Å². The van der Waals surface area contributed by atoms with Crippen LogP contribution in [0.15, 0.2) is 82.8 Å². The summed E-state index contributed by atoms with van der Waals surface area (Å²) in [6.45, 7) is 1.78. The van der Waals surface area contributed by atoms with Crippen molar-refractivity contribution in [1.29, 1.82) is 5.26 Å². The van der Waals surface area contributed by atoms with Gasteiger partial charge >= 0.3 is 0 Å². The fourth-order valence-corrected chi connectivity index (χ4v) is 3.33. The minimum absolute atomic E-state index is 0.0352. The number of benzene rings is 3. The van der Waals surface area contributed by atoms with Crippen LogP contribution >= 0.6 is 15.9 Å². The molecule has 7 heteroatoms. The molecule has 0 unspecified atom stereocenters. The largest absolute Gasteiger partial charge is 0.483 e. The lowest BCUT2D eigenvalue weighted by molar-refractivity contribution is -0.118. The Kier molecular flexibility index (Phi) is 7.79. The van der Waals surface area contributed by atoms with Gasteiger partial charge in [0.15, 0.2) is 6.61 Å². The quantitative estimate of drug-likeness (QED) is 0.347. The van der Waals surface area contributed by atoms with Gasteiger partial charge in [0.2, 0.25) is 0 Å². The first-order chi connectivity index (χ1) is 15.4. The Bertz CT molecular complexity index is 1200. The van der Waals surface area contributed by atoms with E-state index in [4.69, 9.17) is 4.74 Å². The van der Waals surface area contributed by atoms with Gasteiger partial charge in [-0.1, -0.05) is 36.4 Å². The highest BCUT2D eigenvalue weighted by Crippen LogP contribution is 2.27. The summed E-state index contributed by atoms with van der Waals surface area (Å²) < 4.78 is 6.18. The number of carbonyl (C=O) groups excluding carboxylic acids is 2. The second-order valence-corrected chi connectivity index (χ2v) is 7.74. The van der Waals surface area contributed by atoms with Crippen LogP contribution in [0.3, 0.4) is 0 Å². The number of halogens is 1. The van der Waals surface area contributed by atoms with E-state index in [1.54, 1.807) is 42.5 Å². The number of para-hydroxylation sites is 1. The van der Waals surface area contributed by atoms with Crippen molar-refractivity contribution < 1.29 is 14.3 Å². The van der Waals surface area contributed by atoms with Gasteiger partial charge in [0.05, 0.1) is 4.47 Å². The Hall–Kier alpha value is -3.89. The molecule has 0 atom stereocenters. The molecule has 0 bridgehead atoms. The predicted molar refractivity (Wildman–Crippen MR) is 128 cm³/mol. The van der Waals surface area contributed by atoms with E-state index in [2.05, 4.69) is 26.6 Å². The lowest BCUT2D eigenvalue weighted by Crippen LogP contribution is -2.20. The van der Waals surface area contributed by atoms with Crippen LogP contribution in [0.1, 0.15) is 11.1 Å². The van der Waals surface area contributed by atoms with Crippen LogP contribution in [-0.2, 0) is 9.59 Å². The minimum atomic E-state index is -0.497. The molecule has 2 N–H and O–H groups in total. The van der Waals surface area contributed by atoms with E-state index in [-0.39, 0.29) is 18.1 Å². The van der Waals surface area contributed by atoms with Crippen molar-refractivity contribution in [2.75, 3.05) is 17.2 Å². The highest BCUT2D eigenvalue weighted by Gasteiger charge is 2.11. The Balaban J connectivity index is 1.62. The van der Waals surface area contributed by atoms with E-state index in [0.717, 1.165) is 5.56 Å². The molecule has 0 aliphatic rings. The summed E-state index contributed by atoms with van der Waals surface area (Å²) in [5.41, 5.74) is 2.95. The van der Waals surface area contributed by atoms with Crippen LogP contribution < -0.4 is 15.4 Å². The zero-order valence-electron chi connectivity index (χ0n) is 17.3. The lowest BCUT2D eigenvalue weighted by atomic mass is 10.1. The summed E-state index contributed by atoms with van der Waals surface area (Å²) in [5.74, 6) is -0.312. The van der Waals surface area contributed by atoms with E-state index in [1.165, 1.54) is 6.08 Å². The van der Waals surface area contributed by atoms with Gasteiger partial charge in [0.1, 0.15) is 17.4 Å². The van der Waals surface area contributed by atoms with Gasteiger partial charge in [-0.3, -0.25) is 9.59 Å². The fourth-order valence-electron chi connectivity index (χ4n) is 2.82. The number of carbonyl (C=O) groups is 2. The van der Waals surface area contributed by atoms with Crippen LogP contribution in [-0.4, -0.2) is 18.4 Å². The fraction of sp³-hybridized carbons (Fsp3) is 0.0800. The average Bonchev–Trinajstić information content (AvgIpc) is 2.77. The Morgan fingerprint density at radius 1 is 1.00 bits per heavy atom. The molecule has 3 aromatic rings. The van der Waals surface area contributed by atoms with Crippen LogP contribution in [0.4, 0.5) is 11.4 Å². The number of nitriles is 1. The maximum atomic E-state index is 12.4. The number of anilines is 2. The second kappa shape index (κ2) is 10.9. The number of hydrogen-bond acceptors (Lipinski definition) is 4. The van der Waals surface area contributed by atoms with Gasteiger partial charge in [0, 0.05) is 11.4 Å². The number of amides is 2. The molecule has 0 aliphatic heterocycles. The minimum Gasteiger partial charge on any atom is -0.483 e. The van der Waals surface area contributed by atoms with Crippen LogP contribution in [0.2, 0.25) is 0 Å². The van der Waals surface area contributed by atoms with Crippen molar-refractivity contribution in [3.8, 4) is 11.8 Å². The summed E-state index contributed by atoms with van der Waals surface area (Å²) in [7, 11) is 0. The van der Waals surface area contributed by atoms with Gasteiger partial charge in [0.25, 0.3) is 11.8 Å². The number of nitrogens with zero attached hydrogens (tertiary/aromatic N) is 1. The Morgan fingerprint density at radius 3 is 2.44 bits per heavy atom. The predicted octanol–water partition coefficient (Wildman–Crippen LogP) is 5.32. The van der Waals surface area contributed by atoms with Crippen molar-refractivity contribution in [3.63, 3.8) is 0 Å².